The molecule has 0 radical (unpaired) electrons. The summed E-state index contributed by atoms with van der Waals surface area (Å²) in [5, 5.41) is 9.48. The lowest BCUT2D eigenvalue weighted by molar-refractivity contribution is -0.119. The maximum atomic E-state index is 12.1. The highest BCUT2D eigenvalue weighted by atomic mass is 35.5. The van der Waals surface area contributed by atoms with Crippen molar-refractivity contribution < 1.29 is 9.53 Å². The number of hydrogen-bond donors (Lipinski definition) is 1. The number of halogens is 1. The van der Waals surface area contributed by atoms with Crippen molar-refractivity contribution in [3.05, 3.63) is 41.8 Å². The van der Waals surface area contributed by atoms with Crippen LogP contribution in [0.4, 0.5) is 0 Å². The predicted molar refractivity (Wildman–Crippen MR) is 104 cm³/mol. The van der Waals surface area contributed by atoms with Gasteiger partial charge in [0, 0.05) is 18.2 Å². The zero-order valence-electron chi connectivity index (χ0n) is 14.5. The van der Waals surface area contributed by atoms with Gasteiger partial charge in [0.1, 0.15) is 11.4 Å². The van der Waals surface area contributed by atoms with Crippen LogP contribution in [-0.2, 0) is 9.53 Å². The third-order valence-corrected chi connectivity index (χ3v) is 5.51. The first-order valence-electron chi connectivity index (χ1n) is 8.66. The minimum Gasteiger partial charge on any atom is -0.376 e. The average molecular weight is 404 g/mol. The summed E-state index contributed by atoms with van der Waals surface area (Å²) in [6.45, 7) is 1.34. The molecule has 1 aliphatic heterocycles. The number of ether oxygens (including phenoxy) is 1. The summed E-state index contributed by atoms with van der Waals surface area (Å²) >= 11 is 7.44. The lowest BCUT2D eigenvalue weighted by atomic mass is 10.2. The summed E-state index contributed by atoms with van der Waals surface area (Å²) in [6, 6.07) is 7.40. The Bertz CT molecular complexity index is 958. The molecule has 140 valence electrons. The Hall–Kier alpha value is -2.16. The summed E-state index contributed by atoms with van der Waals surface area (Å²) in [5.41, 5.74) is 1.50. The monoisotopic (exact) mass is 403 g/mol. The molecule has 1 saturated heterocycles. The Morgan fingerprint density at radius 1 is 1.41 bits per heavy atom. The van der Waals surface area contributed by atoms with Crippen LogP contribution in [-0.4, -0.2) is 50.7 Å². The van der Waals surface area contributed by atoms with E-state index in [1.165, 1.54) is 18.1 Å². The number of nitrogens with one attached hydrogen (secondary N) is 1. The highest BCUT2D eigenvalue weighted by Crippen LogP contribution is 2.26. The number of nitrogens with zero attached hydrogens (tertiary/aromatic N) is 4. The quantitative estimate of drug-likeness (QED) is 0.503. The van der Waals surface area contributed by atoms with Gasteiger partial charge in [-0.2, -0.15) is 5.10 Å². The normalized spacial score (nSPS) is 16.7. The Balaban J connectivity index is 1.45. The van der Waals surface area contributed by atoms with Gasteiger partial charge >= 0.3 is 0 Å². The van der Waals surface area contributed by atoms with Gasteiger partial charge in [0.15, 0.2) is 5.65 Å². The Kier molecular flexibility index (Phi) is 5.56. The van der Waals surface area contributed by atoms with E-state index in [9.17, 15) is 4.79 Å². The van der Waals surface area contributed by atoms with Crippen molar-refractivity contribution in [1.29, 1.82) is 0 Å². The molecule has 1 atom stereocenters. The molecule has 9 heteroatoms. The van der Waals surface area contributed by atoms with Gasteiger partial charge in [-0.05, 0) is 31.0 Å². The minimum absolute atomic E-state index is 0.0375. The molecule has 4 rings (SSSR count). The van der Waals surface area contributed by atoms with Crippen LogP contribution in [0.15, 0.2) is 41.8 Å². The molecule has 2 aromatic heterocycles. The molecule has 1 fully saturated rings. The first-order chi connectivity index (χ1) is 13.2. The average Bonchev–Trinajstić information content (AvgIpc) is 3.34. The van der Waals surface area contributed by atoms with Crippen LogP contribution in [0, 0.1) is 0 Å². The van der Waals surface area contributed by atoms with Crippen molar-refractivity contribution in [1.82, 2.24) is 25.1 Å². The molecule has 0 unspecified atom stereocenters. The van der Waals surface area contributed by atoms with E-state index in [0.717, 1.165) is 35.5 Å². The van der Waals surface area contributed by atoms with Gasteiger partial charge in [0.2, 0.25) is 5.91 Å². The van der Waals surface area contributed by atoms with Crippen molar-refractivity contribution in [3.8, 4) is 5.69 Å². The number of rotatable bonds is 6. The zero-order valence-corrected chi connectivity index (χ0v) is 16.0. The Morgan fingerprint density at radius 3 is 3.15 bits per heavy atom. The van der Waals surface area contributed by atoms with Gasteiger partial charge in [-0.1, -0.05) is 29.4 Å². The van der Waals surface area contributed by atoms with Gasteiger partial charge in [-0.15, -0.1) is 0 Å². The van der Waals surface area contributed by atoms with Crippen LogP contribution in [0.25, 0.3) is 16.7 Å². The fourth-order valence-corrected chi connectivity index (χ4v) is 3.93. The van der Waals surface area contributed by atoms with E-state index in [1.807, 2.05) is 24.3 Å². The van der Waals surface area contributed by atoms with E-state index in [-0.39, 0.29) is 17.8 Å². The van der Waals surface area contributed by atoms with Crippen LogP contribution in [0.2, 0.25) is 5.02 Å². The zero-order chi connectivity index (χ0) is 18.6. The largest absolute Gasteiger partial charge is 0.376 e. The number of carbonyl (C=O) groups is 1. The number of fused-ring (bicyclic) bond motifs is 1. The van der Waals surface area contributed by atoms with E-state index in [1.54, 1.807) is 10.9 Å². The molecule has 0 saturated carbocycles. The second-order valence-electron chi connectivity index (χ2n) is 6.18. The number of hydrogen-bond acceptors (Lipinski definition) is 6. The molecular weight excluding hydrogens is 386 g/mol. The molecule has 1 aromatic carbocycles. The third-order valence-electron chi connectivity index (χ3n) is 4.27. The Labute approximate surface area is 165 Å². The lowest BCUT2D eigenvalue weighted by Crippen LogP contribution is -2.32. The predicted octanol–water partition coefficient (Wildman–Crippen LogP) is 2.86. The van der Waals surface area contributed by atoms with Gasteiger partial charge in [0.25, 0.3) is 0 Å². The fourth-order valence-electron chi connectivity index (χ4n) is 2.95. The number of thioether (sulfide) groups is 1. The van der Waals surface area contributed by atoms with Crippen molar-refractivity contribution in [2.45, 2.75) is 24.0 Å². The molecule has 3 aromatic rings. The first kappa shape index (κ1) is 18.2. The number of benzene rings is 1. The molecule has 0 bridgehead atoms. The van der Waals surface area contributed by atoms with Gasteiger partial charge in [-0.3, -0.25) is 4.79 Å². The maximum absolute atomic E-state index is 12.1. The summed E-state index contributed by atoms with van der Waals surface area (Å²) in [7, 11) is 0. The van der Waals surface area contributed by atoms with Gasteiger partial charge < -0.3 is 10.1 Å². The second-order valence-corrected chi connectivity index (χ2v) is 7.58. The molecule has 27 heavy (non-hydrogen) atoms. The van der Waals surface area contributed by atoms with Gasteiger partial charge in [0.05, 0.1) is 29.1 Å². The minimum atomic E-state index is -0.0375. The van der Waals surface area contributed by atoms with Crippen molar-refractivity contribution in [3.63, 3.8) is 0 Å². The van der Waals surface area contributed by atoms with Crippen molar-refractivity contribution in [2.75, 3.05) is 18.9 Å². The van der Waals surface area contributed by atoms with E-state index in [4.69, 9.17) is 16.3 Å². The molecule has 1 aliphatic rings. The Morgan fingerprint density at radius 2 is 2.33 bits per heavy atom. The number of carbonyl (C=O) groups excluding carboxylic acids is 1. The van der Waals surface area contributed by atoms with Crippen LogP contribution in [0.3, 0.4) is 0 Å². The van der Waals surface area contributed by atoms with E-state index in [0.29, 0.717) is 17.2 Å². The SMILES string of the molecule is O=C(CSc1ncnc2c1cnn2-c1cccc(Cl)c1)NC[C@@H]1CCCO1. The summed E-state index contributed by atoms with van der Waals surface area (Å²) in [5.74, 6) is 0.241. The second kappa shape index (κ2) is 8.24. The van der Waals surface area contributed by atoms with E-state index >= 15 is 0 Å². The maximum Gasteiger partial charge on any atom is 0.230 e. The van der Waals surface area contributed by atoms with Crippen LogP contribution in [0.1, 0.15) is 12.8 Å². The topological polar surface area (TPSA) is 81.9 Å². The number of aromatic nitrogens is 4. The molecule has 7 nitrogen and oxygen atoms in total. The molecule has 1 amide bonds. The van der Waals surface area contributed by atoms with E-state index in [2.05, 4.69) is 20.4 Å². The van der Waals surface area contributed by atoms with Gasteiger partial charge in [-0.25, -0.2) is 14.6 Å². The van der Waals surface area contributed by atoms with Crippen LogP contribution in [0.5, 0.6) is 0 Å². The lowest BCUT2D eigenvalue weighted by Gasteiger charge is -2.10. The molecular formula is C18H18ClN5O2S. The smallest absolute Gasteiger partial charge is 0.230 e. The molecule has 1 N–H and O–H groups in total. The third kappa shape index (κ3) is 4.23. The molecule has 0 spiro atoms. The van der Waals surface area contributed by atoms with Crippen molar-refractivity contribution >= 4 is 40.3 Å². The van der Waals surface area contributed by atoms with Crippen molar-refractivity contribution in [2.24, 2.45) is 0 Å². The molecule has 0 aliphatic carbocycles. The highest BCUT2D eigenvalue weighted by molar-refractivity contribution is 8.00. The standard InChI is InChI=1S/C18H18ClN5O2S/c19-12-3-1-4-13(7-12)24-17-15(9-23-24)18(22-11-21-17)27-10-16(25)20-8-14-5-2-6-26-14/h1,3-4,7,9,11,14H,2,5-6,8,10H2,(H,20,25)/t14-/m0/s1. The summed E-state index contributed by atoms with van der Waals surface area (Å²) in [6.07, 6.45) is 5.40. The fraction of sp³-hybridized carbons (Fsp3) is 0.333. The highest BCUT2D eigenvalue weighted by Gasteiger charge is 2.17. The summed E-state index contributed by atoms with van der Waals surface area (Å²) in [4.78, 5) is 20.8. The summed E-state index contributed by atoms with van der Waals surface area (Å²) < 4.78 is 7.23. The number of amides is 1. The molecule has 3 heterocycles. The van der Waals surface area contributed by atoms with Crippen LogP contribution >= 0.6 is 23.4 Å². The first-order valence-corrected chi connectivity index (χ1v) is 10.0. The van der Waals surface area contributed by atoms with Crippen LogP contribution < -0.4 is 5.32 Å². The van der Waals surface area contributed by atoms with E-state index < -0.39 is 0 Å².